The minimum Gasteiger partial charge on any atom is -0.444 e. The van der Waals surface area contributed by atoms with E-state index in [2.05, 4.69) is 0 Å². The summed E-state index contributed by atoms with van der Waals surface area (Å²) in [5, 5.41) is 0. The average Bonchev–Trinajstić information content (AvgIpc) is 2.10. The molecule has 0 aromatic carbocycles. The molecule has 2 heteroatoms. The molecule has 0 atom stereocenters. The summed E-state index contributed by atoms with van der Waals surface area (Å²) in [7, 11) is 0. The molecular weight excluding hydrogens is 92.1 g/mol. The van der Waals surface area contributed by atoms with E-state index in [-0.39, 0.29) is 11.6 Å². The van der Waals surface area contributed by atoms with Gasteiger partial charge in [0.2, 0.25) is 5.60 Å². The molecule has 38 valence electrons. The van der Waals surface area contributed by atoms with Crippen molar-refractivity contribution in [3.63, 3.8) is 0 Å². The Morgan fingerprint density at radius 3 is 2.14 bits per heavy atom. The molecule has 0 bridgehead atoms. The van der Waals surface area contributed by atoms with E-state index < -0.39 is 0 Å². The molecule has 0 amide bonds. The maximum absolute atomic E-state index is 10.3. The molecule has 1 heterocycles. The lowest BCUT2D eigenvalue weighted by Gasteiger charge is -2.15. The summed E-state index contributed by atoms with van der Waals surface area (Å²) >= 11 is 0. The Kier molecular flexibility index (Phi) is 0.348. The zero-order valence-electron chi connectivity index (χ0n) is 3.94. The third-order valence-corrected chi connectivity index (χ3v) is 1.78. The standard InChI is InChI=1S/C5H6O2/c6-4-5(7-4)2-1-3-5/h1-3H2. The number of hydrogen-bond acceptors (Lipinski definition) is 2. The zero-order valence-corrected chi connectivity index (χ0v) is 3.94. The summed E-state index contributed by atoms with van der Waals surface area (Å²) in [6.07, 6.45) is 3.13. The highest BCUT2D eigenvalue weighted by atomic mass is 16.7. The molecule has 0 aromatic rings. The molecule has 1 aliphatic heterocycles. The minimum atomic E-state index is -0.208. The van der Waals surface area contributed by atoms with Gasteiger partial charge in [-0.2, -0.15) is 0 Å². The molecule has 0 radical (unpaired) electrons. The summed E-state index contributed by atoms with van der Waals surface area (Å²) in [6, 6.07) is 0. The van der Waals surface area contributed by atoms with E-state index in [9.17, 15) is 4.79 Å². The molecule has 1 aliphatic carbocycles. The molecule has 1 saturated heterocycles. The van der Waals surface area contributed by atoms with E-state index in [4.69, 9.17) is 4.74 Å². The molecule has 2 nitrogen and oxygen atoms in total. The van der Waals surface area contributed by atoms with Crippen LogP contribution in [0.3, 0.4) is 0 Å². The molecule has 7 heavy (non-hydrogen) atoms. The number of ether oxygens (including phenoxy) is 1. The van der Waals surface area contributed by atoms with Gasteiger partial charge in [0.25, 0.3) is 0 Å². The quantitative estimate of drug-likeness (QED) is 0.412. The van der Waals surface area contributed by atoms with Gasteiger partial charge in [0.1, 0.15) is 0 Å². The van der Waals surface area contributed by atoms with Crippen LogP contribution in [0.4, 0.5) is 0 Å². The van der Waals surface area contributed by atoms with Crippen molar-refractivity contribution in [3.8, 4) is 0 Å². The van der Waals surface area contributed by atoms with E-state index in [1.165, 1.54) is 6.42 Å². The van der Waals surface area contributed by atoms with E-state index in [0.717, 1.165) is 12.8 Å². The predicted molar refractivity (Wildman–Crippen MR) is 22.7 cm³/mol. The summed E-state index contributed by atoms with van der Waals surface area (Å²) in [6.45, 7) is 0. The molecule has 2 rings (SSSR count). The number of carbonyl (C=O) groups is 1. The Bertz CT molecular complexity index is 124. The van der Waals surface area contributed by atoms with Crippen LogP contribution in [0.5, 0.6) is 0 Å². The van der Waals surface area contributed by atoms with Gasteiger partial charge in [-0.3, -0.25) is 0 Å². The van der Waals surface area contributed by atoms with Crippen LogP contribution < -0.4 is 0 Å². The lowest BCUT2D eigenvalue weighted by molar-refractivity contribution is -0.117. The van der Waals surface area contributed by atoms with E-state index in [0.29, 0.717) is 0 Å². The van der Waals surface area contributed by atoms with Crippen LogP contribution in [-0.4, -0.2) is 11.6 Å². The van der Waals surface area contributed by atoms with E-state index in [1.54, 1.807) is 0 Å². The van der Waals surface area contributed by atoms with E-state index >= 15 is 0 Å². The van der Waals surface area contributed by atoms with Crippen molar-refractivity contribution in [2.75, 3.05) is 0 Å². The van der Waals surface area contributed by atoms with Crippen LogP contribution in [0.1, 0.15) is 19.3 Å². The second-order valence-electron chi connectivity index (χ2n) is 2.24. The lowest BCUT2D eigenvalue weighted by Crippen LogP contribution is -2.22. The normalized spacial score (nSPS) is 31.7. The third-order valence-electron chi connectivity index (χ3n) is 1.78. The molecule has 0 aromatic heterocycles. The topological polar surface area (TPSA) is 29.6 Å². The third kappa shape index (κ3) is 0.243. The van der Waals surface area contributed by atoms with Crippen LogP contribution >= 0.6 is 0 Å². The summed E-state index contributed by atoms with van der Waals surface area (Å²) < 4.78 is 4.70. The second kappa shape index (κ2) is 0.703. The van der Waals surface area contributed by atoms with Crippen molar-refractivity contribution in [1.29, 1.82) is 0 Å². The molecule has 0 N–H and O–H groups in total. The lowest BCUT2D eigenvalue weighted by atomic mass is 9.86. The van der Waals surface area contributed by atoms with Crippen molar-refractivity contribution in [2.45, 2.75) is 24.9 Å². The zero-order chi connectivity index (χ0) is 4.91. The van der Waals surface area contributed by atoms with Crippen LogP contribution in [0.25, 0.3) is 0 Å². The minimum absolute atomic E-state index is 0.0266. The van der Waals surface area contributed by atoms with Crippen molar-refractivity contribution in [3.05, 3.63) is 0 Å². The van der Waals surface area contributed by atoms with Gasteiger partial charge < -0.3 is 4.74 Å². The number of rotatable bonds is 0. The summed E-state index contributed by atoms with van der Waals surface area (Å²) in [4.78, 5) is 10.3. The highest BCUT2D eigenvalue weighted by Crippen LogP contribution is 2.47. The van der Waals surface area contributed by atoms with Crippen LogP contribution in [0.15, 0.2) is 0 Å². The predicted octanol–water partition coefficient (Wildman–Crippen LogP) is 0.466. The molecule has 2 fully saturated rings. The van der Waals surface area contributed by atoms with Gasteiger partial charge in [0.15, 0.2) is 0 Å². The van der Waals surface area contributed by atoms with Gasteiger partial charge >= 0.3 is 5.97 Å². The first-order valence-electron chi connectivity index (χ1n) is 2.57. The maximum Gasteiger partial charge on any atom is 0.351 e. The average molecular weight is 98.1 g/mol. The Balaban J connectivity index is 2.18. The van der Waals surface area contributed by atoms with Crippen molar-refractivity contribution in [2.24, 2.45) is 0 Å². The molecular formula is C5H6O2. The highest BCUT2D eigenvalue weighted by Gasteiger charge is 2.61. The van der Waals surface area contributed by atoms with Crippen LogP contribution in [0.2, 0.25) is 0 Å². The number of epoxide rings is 1. The van der Waals surface area contributed by atoms with E-state index in [1.807, 2.05) is 0 Å². The van der Waals surface area contributed by atoms with Gasteiger partial charge in [-0.15, -0.1) is 0 Å². The highest BCUT2D eigenvalue weighted by molar-refractivity contribution is 5.93. The van der Waals surface area contributed by atoms with Crippen molar-refractivity contribution in [1.82, 2.24) is 0 Å². The monoisotopic (exact) mass is 98.0 g/mol. The fraction of sp³-hybridized carbons (Fsp3) is 0.800. The number of carbonyl (C=O) groups excluding carboxylic acids is 1. The summed E-state index contributed by atoms with van der Waals surface area (Å²) in [5.74, 6) is 0.0266. The van der Waals surface area contributed by atoms with Crippen molar-refractivity contribution >= 4 is 5.97 Å². The number of hydrogen-bond donors (Lipinski definition) is 0. The van der Waals surface area contributed by atoms with Gasteiger partial charge in [-0.05, 0) is 19.3 Å². The fourth-order valence-electron chi connectivity index (χ4n) is 0.956. The van der Waals surface area contributed by atoms with Crippen LogP contribution in [-0.2, 0) is 9.53 Å². The molecule has 1 saturated carbocycles. The largest absolute Gasteiger partial charge is 0.444 e. The SMILES string of the molecule is O=C1OC12CCC2. The Morgan fingerprint density at radius 1 is 1.57 bits per heavy atom. The van der Waals surface area contributed by atoms with Crippen LogP contribution in [0, 0.1) is 0 Å². The van der Waals surface area contributed by atoms with Gasteiger partial charge in [0, 0.05) is 0 Å². The molecule has 2 aliphatic rings. The van der Waals surface area contributed by atoms with Gasteiger partial charge in [0.05, 0.1) is 0 Å². The smallest absolute Gasteiger partial charge is 0.351 e. The molecule has 0 unspecified atom stereocenters. The Morgan fingerprint density at radius 2 is 2.14 bits per heavy atom. The second-order valence-corrected chi connectivity index (χ2v) is 2.24. The maximum atomic E-state index is 10.3. The van der Waals surface area contributed by atoms with Gasteiger partial charge in [-0.1, -0.05) is 0 Å². The Labute approximate surface area is 41.5 Å². The van der Waals surface area contributed by atoms with Gasteiger partial charge in [-0.25, -0.2) is 4.79 Å². The first-order chi connectivity index (χ1) is 3.33. The summed E-state index contributed by atoms with van der Waals surface area (Å²) in [5.41, 5.74) is -0.208. The van der Waals surface area contributed by atoms with Crippen molar-refractivity contribution < 1.29 is 9.53 Å². The Hall–Kier alpha value is -0.530. The fourth-order valence-corrected chi connectivity index (χ4v) is 0.956. The molecule has 1 spiro atoms. The first kappa shape index (κ1) is 3.47. The first-order valence-corrected chi connectivity index (χ1v) is 2.57.